The van der Waals surface area contributed by atoms with Gasteiger partial charge < -0.3 is 10.1 Å². The van der Waals surface area contributed by atoms with Crippen molar-refractivity contribution in [3.8, 4) is 0 Å². The van der Waals surface area contributed by atoms with Crippen molar-refractivity contribution < 1.29 is 4.74 Å². The first kappa shape index (κ1) is 15.7. The third kappa shape index (κ3) is 5.51. The number of ether oxygens (including phenoxy) is 1. The fourth-order valence-electron chi connectivity index (χ4n) is 2.02. The SMILES string of the molecule is CCCC(C)COC(CNC)c1cccc(Br)c1. The van der Waals surface area contributed by atoms with Crippen molar-refractivity contribution in [3.63, 3.8) is 0 Å². The van der Waals surface area contributed by atoms with Gasteiger partial charge in [-0.25, -0.2) is 0 Å². The number of halogens is 1. The molecule has 0 amide bonds. The molecular weight excluding hydrogens is 290 g/mol. The van der Waals surface area contributed by atoms with Gasteiger partial charge in [-0.1, -0.05) is 48.3 Å². The molecule has 102 valence electrons. The molecule has 1 aromatic rings. The van der Waals surface area contributed by atoms with E-state index in [9.17, 15) is 0 Å². The van der Waals surface area contributed by atoms with Crippen molar-refractivity contribution in [1.82, 2.24) is 5.32 Å². The molecule has 1 N–H and O–H groups in total. The van der Waals surface area contributed by atoms with Crippen molar-refractivity contribution in [2.45, 2.75) is 32.8 Å². The lowest BCUT2D eigenvalue weighted by Gasteiger charge is -2.20. The first-order chi connectivity index (χ1) is 8.67. The normalized spacial score (nSPS) is 14.4. The summed E-state index contributed by atoms with van der Waals surface area (Å²) in [7, 11) is 1.96. The Morgan fingerprint density at radius 2 is 2.17 bits per heavy atom. The first-order valence-corrected chi connectivity index (χ1v) is 7.48. The number of likely N-dealkylation sites (N-methyl/N-ethyl adjacent to an activating group) is 1. The highest BCUT2D eigenvalue weighted by Crippen LogP contribution is 2.22. The predicted molar refractivity (Wildman–Crippen MR) is 80.8 cm³/mol. The maximum Gasteiger partial charge on any atom is 0.0949 e. The lowest BCUT2D eigenvalue weighted by Crippen LogP contribution is -2.21. The maximum absolute atomic E-state index is 6.05. The molecule has 2 unspecified atom stereocenters. The van der Waals surface area contributed by atoms with Crippen molar-refractivity contribution >= 4 is 15.9 Å². The summed E-state index contributed by atoms with van der Waals surface area (Å²) in [6.07, 6.45) is 2.58. The molecule has 1 aromatic carbocycles. The molecule has 3 heteroatoms. The Morgan fingerprint density at radius 3 is 2.78 bits per heavy atom. The Balaban J connectivity index is 2.59. The summed E-state index contributed by atoms with van der Waals surface area (Å²) >= 11 is 3.51. The zero-order valence-corrected chi connectivity index (χ0v) is 13.2. The zero-order chi connectivity index (χ0) is 13.4. The van der Waals surface area contributed by atoms with Crippen LogP contribution in [-0.4, -0.2) is 20.2 Å². The summed E-state index contributed by atoms with van der Waals surface area (Å²) < 4.78 is 7.16. The van der Waals surface area contributed by atoms with Gasteiger partial charge in [0, 0.05) is 11.0 Å². The van der Waals surface area contributed by atoms with Crippen molar-refractivity contribution in [2.24, 2.45) is 5.92 Å². The summed E-state index contributed by atoms with van der Waals surface area (Å²) in [6.45, 7) is 6.14. The van der Waals surface area contributed by atoms with Crippen LogP contribution in [0.15, 0.2) is 28.7 Å². The van der Waals surface area contributed by atoms with Crippen molar-refractivity contribution in [1.29, 1.82) is 0 Å². The lowest BCUT2D eigenvalue weighted by atomic mass is 10.1. The molecule has 1 rings (SSSR count). The number of nitrogens with one attached hydrogen (secondary N) is 1. The second-order valence-corrected chi connectivity index (χ2v) is 5.74. The van der Waals surface area contributed by atoms with E-state index in [1.807, 2.05) is 13.1 Å². The third-order valence-corrected chi connectivity index (χ3v) is 3.47. The Labute approximate surface area is 119 Å². The molecule has 0 aliphatic rings. The highest BCUT2D eigenvalue weighted by Gasteiger charge is 2.13. The average molecular weight is 314 g/mol. The molecule has 0 aliphatic heterocycles. The quantitative estimate of drug-likeness (QED) is 0.778. The molecule has 18 heavy (non-hydrogen) atoms. The van der Waals surface area contributed by atoms with E-state index in [4.69, 9.17) is 4.74 Å². The topological polar surface area (TPSA) is 21.3 Å². The van der Waals surface area contributed by atoms with E-state index < -0.39 is 0 Å². The van der Waals surface area contributed by atoms with Gasteiger partial charge in [0.15, 0.2) is 0 Å². The van der Waals surface area contributed by atoms with E-state index in [0.717, 1.165) is 17.6 Å². The fourth-order valence-corrected chi connectivity index (χ4v) is 2.44. The largest absolute Gasteiger partial charge is 0.372 e. The van der Waals surface area contributed by atoms with Gasteiger partial charge in [0.2, 0.25) is 0 Å². The van der Waals surface area contributed by atoms with Crippen molar-refractivity contribution in [3.05, 3.63) is 34.3 Å². The fraction of sp³-hybridized carbons (Fsp3) is 0.600. The van der Waals surface area contributed by atoms with Crippen LogP contribution in [-0.2, 0) is 4.74 Å². The van der Waals surface area contributed by atoms with E-state index in [1.54, 1.807) is 0 Å². The van der Waals surface area contributed by atoms with Gasteiger partial charge in [-0.2, -0.15) is 0 Å². The number of hydrogen-bond donors (Lipinski definition) is 1. The molecule has 0 spiro atoms. The Morgan fingerprint density at radius 1 is 1.39 bits per heavy atom. The molecule has 0 fully saturated rings. The zero-order valence-electron chi connectivity index (χ0n) is 11.6. The summed E-state index contributed by atoms with van der Waals surface area (Å²) in [6, 6.07) is 8.35. The van der Waals surface area contributed by atoms with Gasteiger partial charge >= 0.3 is 0 Å². The molecule has 0 saturated heterocycles. The highest BCUT2D eigenvalue weighted by atomic mass is 79.9. The predicted octanol–water partition coefficient (Wildman–Crippen LogP) is 4.16. The Kier molecular flexibility index (Phi) is 7.56. The van der Waals surface area contributed by atoms with Gasteiger partial charge in [0.25, 0.3) is 0 Å². The number of hydrogen-bond acceptors (Lipinski definition) is 2. The summed E-state index contributed by atoms with van der Waals surface area (Å²) in [5.74, 6) is 0.626. The van der Waals surface area contributed by atoms with Crippen LogP contribution in [0.4, 0.5) is 0 Å². The van der Waals surface area contributed by atoms with Gasteiger partial charge in [-0.05, 0) is 37.1 Å². The highest BCUT2D eigenvalue weighted by molar-refractivity contribution is 9.10. The number of rotatable bonds is 8. The van der Waals surface area contributed by atoms with Gasteiger partial charge in [0.1, 0.15) is 0 Å². The lowest BCUT2D eigenvalue weighted by molar-refractivity contribution is 0.0310. The van der Waals surface area contributed by atoms with E-state index in [-0.39, 0.29) is 6.10 Å². The van der Waals surface area contributed by atoms with Gasteiger partial charge in [-0.3, -0.25) is 0 Å². The summed E-state index contributed by atoms with van der Waals surface area (Å²) in [5, 5.41) is 3.20. The Bertz CT molecular complexity index is 343. The van der Waals surface area contributed by atoms with Crippen LogP contribution >= 0.6 is 15.9 Å². The number of benzene rings is 1. The molecule has 0 saturated carbocycles. The van der Waals surface area contributed by atoms with E-state index in [0.29, 0.717) is 5.92 Å². The Hall–Kier alpha value is -0.380. The monoisotopic (exact) mass is 313 g/mol. The molecule has 0 bridgehead atoms. The minimum absolute atomic E-state index is 0.131. The molecule has 0 radical (unpaired) electrons. The average Bonchev–Trinajstić information content (AvgIpc) is 2.35. The first-order valence-electron chi connectivity index (χ1n) is 6.69. The molecule has 0 aromatic heterocycles. The van der Waals surface area contributed by atoms with Crippen LogP contribution in [0, 0.1) is 5.92 Å². The molecule has 0 aliphatic carbocycles. The third-order valence-electron chi connectivity index (χ3n) is 2.97. The van der Waals surface area contributed by atoms with Crippen LogP contribution in [0.1, 0.15) is 38.4 Å². The standard InChI is InChI=1S/C15H24BrNO/c1-4-6-12(2)11-18-15(10-17-3)13-7-5-8-14(16)9-13/h5,7-9,12,15,17H,4,6,10-11H2,1-3H3. The van der Waals surface area contributed by atoms with E-state index in [1.165, 1.54) is 18.4 Å². The summed E-state index contributed by atoms with van der Waals surface area (Å²) in [5.41, 5.74) is 1.22. The summed E-state index contributed by atoms with van der Waals surface area (Å²) in [4.78, 5) is 0. The second kappa shape index (κ2) is 8.68. The molecule has 2 atom stereocenters. The van der Waals surface area contributed by atoms with Crippen LogP contribution in [0.5, 0.6) is 0 Å². The molecule has 0 heterocycles. The van der Waals surface area contributed by atoms with Crippen LogP contribution < -0.4 is 5.32 Å². The van der Waals surface area contributed by atoms with E-state index >= 15 is 0 Å². The van der Waals surface area contributed by atoms with Crippen LogP contribution in [0.2, 0.25) is 0 Å². The second-order valence-electron chi connectivity index (χ2n) is 4.83. The van der Waals surface area contributed by atoms with Crippen LogP contribution in [0.25, 0.3) is 0 Å². The van der Waals surface area contributed by atoms with Gasteiger partial charge in [-0.15, -0.1) is 0 Å². The van der Waals surface area contributed by atoms with Crippen molar-refractivity contribution in [2.75, 3.05) is 20.2 Å². The van der Waals surface area contributed by atoms with E-state index in [2.05, 4.69) is 53.3 Å². The minimum atomic E-state index is 0.131. The van der Waals surface area contributed by atoms with Gasteiger partial charge in [0.05, 0.1) is 12.7 Å². The maximum atomic E-state index is 6.05. The minimum Gasteiger partial charge on any atom is -0.372 e. The molecule has 2 nitrogen and oxygen atoms in total. The smallest absolute Gasteiger partial charge is 0.0949 e. The van der Waals surface area contributed by atoms with Crippen LogP contribution in [0.3, 0.4) is 0 Å². The molecular formula is C15H24BrNO.